The maximum atomic E-state index is 12.9. The molecule has 4 nitrogen and oxygen atoms in total. The van der Waals surface area contributed by atoms with Crippen molar-refractivity contribution >= 4 is 11.7 Å². The molecule has 5 aliphatic rings. The molecule has 1 saturated heterocycles. The number of benzene rings is 1. The molecular formula is C23H30F3N3O. The average Bonchev–Trinajstić information content (AvgIpc) is 2.66. The first kappa shape index (κ1) is 20.2. The van der Waals surface area contributed by atoms with E-state index >= 15 is 0 Å². The summed E-state index contributed by atoms with van der Waals surface area (Å²) in [6.45, 7) is 4.09. The number of hydrogen-bond donors (Lipinski definition) is 1. The third kappa shape index (κ3) is 4.05. The van der Waals surface area contributed by atoms with Gasteiger partial charge >= 0.3 is 12.2 Å². The van der Waals surface area contributed by atoms with Crippen molar-refractivity contribution in [1.82, 2.24) is 9.80 Å². The lowest BCUT2D eigenvalue weighted by Gasteiger charge is -2.58. The van der Waals surface area contributed by atoms with Gasteiger partial charge in [-0.2, -0.15) is 13.2 Å². The maximum absolute atomic E-state index is 12.9. The number of anilines is 1. The molecule has 164 valence electrons. The third-order valence-corrected chi connectivity index (χ3v) is 7.82. The monoisotopic (exact) mass is 421 g/mol. The topological polar surface area (TPSA) is 35.6 Å². The molecule has 7 heteroatoms. The van der Waals surface area contributed by atoms with E-state index in [-0.39, 0.29) is 11.7 Å². The van der Waals surface area contributed by atoms with Crippen molar-refractivity contribution in [2.24, 2.45) is 23.2 Å². The largest absolute Gasteiger partial charge is 0.416 e. The molecule has 0 unspecified atom stereocenters. The Morgan fingerprint density at radius 3 is 2.17 bits per heavy atom. The maximum Gasteiger partial charge on any atom is 0.416 e. The fourth-order valence-electron chi connectivity index (χ4n) is 7.04. The Morgan fingerprint density at radius 1 is 1.00 bits per heavy atom. The second-order valence-electron chi connectivity index (χ2n) is 10.2. The van der Waals surface area contributed by atoms with Crippen LogP contribution in [0.3, 0.4) is 0 Å². The van der Waals surface area contributed by atoms with Gasteiger partial charge in [0, 0.05) is 38.4 Å². The van der Waals surface area contributed by atoms with E-state index in [1.807, 2.05) is 0 Å². The molecule has 5 fully saturated rings. The Morgan fingerprint density at radius 2 is 1.60 bits per heavy atom. The zero-order chi connectivity index (χ0) is 20.9. The Bertz CT molecular complexity index is 766. The fourth-order valence-corrected chi connectivity index (χ4v) is 7.04. The molecule has 4 saturated carbocycles. The molecule has 6 rings (SSSR count). The van der Waals surface area contributed by atoms with Gasteiger partial charge in [0.05, 0.1) is 5.56 Å². The lowest BCUT2D eigenvalue weighted by atomic mass is 9.49. The van der Waals surface area contributed by atoms with Crippen molar-refractivity contribution in [2.45, 2.75) is 44.7 Å². The number of rotatable bonds is 3. The van der Waals surface area contributed by atoms with Crippen LogP contribution in [0.2, 0.25) is 0 Å². The standard InChI is InChI=1S/C23H30F3N3O/c24-23(25,26)19-2-1-3-20(11-19)27-21(30)29-6-4-28(5-7-29)15-22-12-16-8-17(13-22)10-18(9-16)14-22/h1-3,11,16-18H,4-10,12-15H2,(H,27,30). The summed E-state index contributed by atoms with van der Waals surface area (Å²) in [5, 5.41) is 2.63. The van der Waals surface area contributed by atoms with E-state index in [1.165, 1.54) is 50.7 Å². The predicted molar refractivity (Wildman–Crippen MR) is 109 cm³/mol. The first-order valence-corrected chi connectivity index (χ1v) is 11.2. The lowest BCUT2D eigenvalue weighted by Crippen LogP contribution is -2.56. The zero-order valence-corrected chi connectivity index (χ0v) is 17.3. The summed E-state index contributed by atoms with van der Waals surface area (Å²) in [5.74, 6) is 2.82. The van der Waals surface area contributed by atoms with Gasteiger partial charge in [0.1, 0.15) is 0 Å². The number of halogens is 3. The van der Waals surface area contributed by atoms with Crippen LogP contribution in [0, 0.1) is 23.2 Å². The minimum Gasteiger partial charge on any atom is -0.322 e. The van der Waals surface area contributed by atoms with Crippen LogP contribution in [0.25, 0.3) is 0 Å². The van der Waals surface area contributed by atoms with E-state index < -0.39 is 11.7 Å². The molecule has 2 amide bonds. The summed E-state index contributed by atoms with van der Waals surface area (Å²) in [7, 11) is 0. The van der Waals surface area contributed by atoms with Crippen LogP contribution >= 0.6 is 0 Å². The molecule has 0 radical (unpaired) electrons. The highest BCUT2D eigenvalue weighted by atomic mass is 19.4. The van der Waals surface area contributed by atoms with Gasteiger partial charge in [-0.3, -0.25) is 4.90 Å². The summed E-state index contributed by atoms with van der Waals surface area (Å²) in [4.78, 5) is 16.8. The van der Waals surface area contributed by atoms with Crippen LogP contribution in [0.1, 0.15) is 44.1 Å². The van der Waals surface area contributed by atoms with Crippen molar-refractivity contribution < 1.29 is 18.0 Å². The number of carbonyl (C=O) groups excluding carboxylic acids is 1. The summed E-state index contributed by atoms with van der Waals surface area (Å²) in [6.07, 6.45) is 4.08. The Balaban J connectivity index is 1.14. The van der Waals surface area contributed by atoms with Gasteiger partial charge < -0.3 is 10.2 Å². The molecule has 0 spiro atoms. The number of urea groups is 1. The van der Waals surface area contributed by atoms with E-state index in [9.17, 15) is 18.0 Å². The molecule has 1 aliphatic heterocycles. The molecule has 0 atom stereocenters. The lowest BCUT2D eigenvalue weighted by molar-refractivity contribution is -0.137. The normalized spacial score (nSPS) is 33.7. The van der Waals surface area contributed by atoms with E-state index in [1.54, 1.807) is 4.90 Å². The van der Waals surface area contributed by atoms with Crippen molar-refractivity contribution in [1.29, 1.82) is 0 Å². The smallest absolute Gasteiger partial charge is 0.322 e. The number of alkyl halides is 3. The van der Waals surface area contributed by atoms with Crippen LogP contribution < -0.4 is 5.32 Å². The highest BCUT2D eigenvalue weighted by molar-refractivity contribution is 5.89. The number of nitrogens with one attached hydrogen (secondary N) is 1. The minimum absolute atomic E-state index is 0.186. The molecule has 1 heterocycles. The Labute approximate surface area is 175 Å². The molecule has 4 bridgehead atoms. The quantitative estimate of drug-likeness (QED) is 0.740. The first-order chi connectivity index (χ1) is 14.3. The molecular weight excluding hydrogens is 391 g/mol. The number of carbonyl (C=O) groups is 1. The second-order valence-corrected chi connectivity index (χ2v) is 10.2. The van der Waals surface area contributed by atoms with Gasteiger partial charge in [-0.25, -0.2) is 4.79 Å². The Kier molecular flexibility index (Phi) is 4.99. The minimum atomic E-state index is -4.41. The SMILES string of the molecule is O=C(Nc1cccc(C(F)(F)F)c1)N1CCN(CC23CC4CC(CC(C4)C2)C3)CC1. The molecule has 0 aromatic heterocycles. The van der Waals surface area contributed by atoms with Crippen LogP contribution in [0.4, 0.5) is 23.7 Å². The molecule has 30 heavy (non-hydrogen) atoms. The van der Waals surface area contributed by atoms with E-state index in [0.717, 1.165) is 49.5 Å². The molecule has 4 aliphatic carbocycles. The highest BCUT2D eigenvalue weighted by Gasteiger charge is 2.51. The number of hydrogen-bond acceptors (Lipinski definition) is 2. The van der Waals surface area contributed by atoms with Crippen LogP contribution in [0.15, 0.2) is 24.3 Å². The summed E-state index contributed by atoms with van der Waals surface area (Å²) in [5.41, 5.74) is -0.0662. The summed E-state index contributed by atoms with van der Waals surface area (Å²) < 4.78 is 38.6. The van der Waals surface area contributed by atoms with Crippen molar-refractivity contribution in [3.05, 3.63) is 29.8 Å². The predicted octanol–water partition coefficient (Wildman–Crippen LogP) is 5.07. The Hall–Kier alpha value is -1.76. The number of amides is 2. The first-order valence-electron chi connectivity index (χ1n) is 11.2. The van der Waals surface area contributed by atoms with Crippen molar-refractivity contribution in [2.75, 3.05) is 38.0 Å². The van der Waals surface area contributed by atoms with Gasteiger partial charge in [0.2, 0.25) is 0 Å². The fraction of sp³-hybridized carbons (Fsp3) is 0.696. The van der Waals surface area contributed by atoms with Crippen LogP contribution in [0.5, 0.6) is 0 Å². The van der Waals surface area contributed by atoms with Gasteiger partial charge in [-0.15, -0.1) is 0 Å². The van der Waals surface area contributed by atoms with Gasteiger partial charge in [0.25, 0.3) is 0 Å². The van der Waals surface area contributed by atoms with E-state index in [2.05, 4.69) is 10.2 Å². The number of nitrogens with zero attached hydrogens (tertiary/aromatic N) is 2. The molecule has 1 aromatic rings. The average molecular weight is 422 g/mol. The van der Waals surface area contributed by atoms with Gasteiger partial charge in [-0.05, 0) is 79.9 Å². The van der Waals surface area contributed by atoms with Crippen molar-refractivity contribution in [3.63, 3.8) is 0 Å². The summed E-state index contributed by atoms with van der Waals surface area (Å²) >= 11 is 0. The summed E-state index contributed by atoms with van der Waals surface area (Å²) in [6, 6.07) is 4.50. The van der Waals surface area contributed by atoms with Crippen LogP contribution in [-0.4, -0.2) is 48.6 Å². The van der Waals surface area contributed by atoms with Crippen LogP contribution in [-0.2, 0) is 6.18 Å². The number of piperazine rings is 1. The third-order valence-electron chi connectivity index (χ3n) is 7.82. The van der Waals surface area contributed by atoms with E-state index in [4.69, 9.17) is 0 Å². The highest BCUT2D eigenvalue weighted by Crippen LogP contribution is 2.60. The van der Waals surface area contributed by atoms with Crippen molar-refractivity contribution in [3.8, 4) is 0 Å². The molecule has 1 N–H and O–H groups in total. The van der Waals surface area contributed by atoms with Gasteiger partial charge in [0.15, 0.2) is 0 Å². The second kappa shape index (κ2) is 7.43. The van der Waals surface area contributed by atoms with Gasteiger partial charge in [-0.1, -0.05) is 6.07 Å². The van der Waals surface area contributed by atoms with E-state index in [0.29, 0.717) is 18.5 Å². The zero-order valence-electron chi connectivity index (χ0n) is 17.3. The molecule has 1 aromatic carbocycles.